The molecule has 0 aromatic carbocycles. The number of hydrogen-bond donors (Lipinski definition) is 0. The van der Waals surface area contributed by atoms with E-state index < -0.39 is 17.6 Å². The van der Waals surface area contributed by atoms with E-state index in [1.54, 1.807) is 13.8 Å². The van der Waals surface area contributed by atoms with Crippen LogP contribution in [0.2, 0.25) is 0 Å². The van der Waals surface area contributed by atoms with Gasteiger partial charge in [0.15, 0.2) is 5.60 Å². The van der Waals surface area contributed by atoms with Gasteiger partial charge in [0.25, 0.3) is 5.91 Å². The Kier molecular flexibility index (Phi) is 1.85. The summed E-state index contributed by atoms with van der Waals surface area (Å²) < 4.78 is 4.80. The van der Waals surface area contributed by atoms with E-state index in [0.29, 0.717) is 12.8 Å². The number of nitrogens with zero attached hydrogens (tertiary/aromatic N) is 1. The molecule has 61 valence electrons. The zero-order valence-corrected chi connectivity index (χ0v) is 6.59. The minimum absolute atomic E-state index is 0.437. The van der Waals surface area contributed by atoms with Gasteiger partial charge in [-0.2, -0.15) is 0 Å². The van der Waals surface area contributed by atoms with Crippen molar-refractivity contribution in [3.8, 4) is 0 Å². The van der Waals surface area contributed by atoms with Crippen LogP contribution in [0, 0.1) is 0 Å². The highest BCUT2D eigenvalue weighted by Gasteiger charge is 2.47. The fourth-order valence-electron chi connectivity index (χ4n) is 1.12. The van der Waals surface area contributed by atoms with Crippen molar-refractivity contribution in [2.45, 2.75) is 32.3 Å². The molecular weight excluding hydrogens is 146 g/mol. The molecule has 0 N–H and O–H groups in total. The monoisotopic (exact) mass is 156 g/mol. The molecule has 0 atom stereocenters. The summed E-state index contributed by atoms with van der Waals surface area (Å²) in [5, 5.41) is 3.18. The van der Waals surface area contributed by atoms with E-state index in [9.17, 15) is 9.59 Å². The molecule has 0 aromatic rings. The van der Waals surface area contributed by atoms with E-state index in [4.69, 9.17) is 4.74 Å². The second-order valence-electron chi connectivity index (χ2n) is 2.49. The number of carbonyl (C=O) groups is 2. The van der Waals surface area contributed by atoms with Crippen LogP contribution in [0.4, 0.5) is 4.79 Å². The van der Waals surface area contributed by atoms with Gasteiger partial charge in [-0.3, -0.25) is 4.79 Å². The largest absolute Gasteiger partial charge is 0.437 e. The molecule has 0 bridgehead atoms. The van der Waals surface area contributed by atoms with Crippen LogP contribution >= 0.6 is 0 Å². The van der Waals surface area contributed by atoms with E-state index in [1.807, 2.05) is 0 Å². The second-order valence-corrected chi connectivity index (χ2v) is 2.49. The Morgan fingerprint density at radius 2 is 1.91 bits per heavy atom. The van der Waals surface area contributed by atoms with Crippen LogP contribution in [0.15, 0.2) is 0 Å². The zero-order chi connectivity index (χ0) is 8.48. The van der Waals surface area contributed by atoms with Crippen LogP contribution in [0.3, 0.4) is 0 Å². The molecule has 1 rings (SSSR count). The van der Waals surface area contributed by atoms with Crippen LogP contribution in [0.5, 0.6) is 0 Å². The summed E-state index contributed by atoms with van der Waals surface area (Å²) in [5.74, 6) is -0.437. The highest BCUT2D eigenvalue weighted by atomic mass is 16.6. The standard InChI is InChI=1S/C7H10NO3/c1-3-7(4-2)5(9)8-6(10)11-7/h3-4H2,1-2H3. The lowest BCUT2D eigenvalue weighted by molar-refractivity contribution is -0.132. The number of hydrogen-bond acceptors (Lipinski definition) is 3. The van der Waals surface area contributed by atoms with Gasteiger partial charge in [-0.25, -0.2) is 4.79 Å². The van der Waals surface area contributed by atoms with Crippen LogP contribution in [-0.2, 0) is 9.53 Å². The Labute approximate surface area is 64.9 Å². The lowest BCUT2D eigenvalue weighted by Gasteiger charge is -2.19. The molecule has 0 aliphatic carbocycles. The first-order chi connectivity index (χ1) is 5.14. The molecule has 0 saturated carbocycles. The van der Waals surface area contributed by atoms with E-state index in [0.717, 1.165) is 0 Å². The summed E-state index contributed by atoms with van der Waals surface area (Å²) in [6, 6.07) is 0. The maximum atomic E-state index is 11.1. The summed E-state index contributed by atoms with van der Waals surface area (Å²) in [7, 11) is 0. The van der Waals surface area contributed by atoms with Crippen molar-refractivity contribution in [3.05, 3.63) is 0 Å². The Bertz CT molecular complexity index is 196. The first kappa shape index (κ1) is 8.04. The number of ether oxygens (including phenoxy) is 1. The maximum absolute atomic E-state index is 11.1. The third kappa shape index (κ3) is 1.08. The van der Waals surface area contributed by atoms with Gasteiger partial charge in [0.05, 0.1) is 0 Å². The van der Waals surface area contributed by atoms with E-state index in [1.165, 1.54) is 0 Å². The maximum Gasteiger partial charge on any atom is 0.437 e. The van der Waals surface area contributed by atoms with E-state index >= 15 is 0 Å². The Hall–Kier alpha value is -1.06. The highest BCUT2D eigenvalue weighted by molar-refractivity contribution is 6.02. The summed E-state index contributed by atoms with van der Waals surface area (Å²) in [5.41, 5.74) is -0.947. The molecule has 11 heavy (non-hydrogen) atoms. The zero-order valence-electron chi connectivity index (χ0n) is 6.59. The molecule has 1 aliphatic heterocycles. The molecule has 1 heterocycles. The fraction of sp³-hybridized carbons (Fsp3) is 0.714. The van der Waals surface area contributed by atoms with Gasteiger partial charge in [-0.05, 0) is 12.8 Å². The third-order valence-electron chi connectivity index (χ3n) is 2.01. The Morgan fingerprint density at radius 3 is 2.09 bits per heavy atom. The first-order valence-corrected chi connectivity index (χ1v) is 3.64. The normalized spacial score (nSPS) is 21.3. The minimum Gasteiger partial charge on any atom is -0.431 e. The van der Waals surface area contributed by atoms with Crippen LogP contribution < -0.4 is 5.32 Å². The molecule has 1 fully saturated rings. The number of carbonyl (C=O) groups excluding carboxylic acids is 2. The van der Waals surface area contributed by atoms with Crippen LogP contribution in [-0.4, -0.2) is 17.6 Å². The summed E-state index contributed by atoms with van der Waals surface area (Å²) in [6.07, 6.45) is 0.244. The molecule has 0 spiro atoms. The van der Waals surface area contributed by atoms with Crippen LogP contribution in [0.1, 0.15) is 26.7 Å². The van der Waals surface area contributed by atoms with Crippen molar-refractivity contribution in [1.82, 2.24) is 5.32 Å². The predicted octanol–water partition coefficient (Wildman–Crippen LogP) is 0.826. The van der Waals surface area contributed by atoms with E-state index in [2.05, 4.69) is 5.32 Å². The van der Waals surface area contributed by atoms with Crippen molar-refractivity contribution in [3.63, 3.8) is 0 Å². The van der Waals surface area contributed by atoms with Crippen molar-refractivity contribution < 1.29 is 14.3 Å². The SMILES string of the molecule is CCC1(CC)OC(=O)[N]C1=O. The molecular formula is C7H10NO3. The quantitative estimate of drug-likeness (QED) is 0.594. The fourth-order valence-corrected chi connectivity index (χ4v) is 1.12. The van der Waals surface area contributed by atoms with E-state index in [-0.39, 0.29) is 0 Å². The lowest BCUT2D eigenvalue weighted by Crippen LogP contribution is -2.35. The second kappa shape index (κ2) is 2.53. The van der Waals surface area contributed by atoms with Gasteiger partial charge in [-0.1, -0.05) is 13.8 Å². The smallest absolute Gasteiger partial charge is 0.431 e. The first-order valence-electron chi connectivity index (χ1n) is 3.64. The number of amides is 2. The number of cyclic esters (lactones) is 1. The summed E-state index contributed by atoms with van der Waals surface area (Å²) in [6.45, 7) is 3.60. The molecule has 4 nitrogen and oxygen atoms in total. The molecule has 1 aliphatic rings. The topological polar surface area (TPSA) is 57.5 Å². The van der Waals surface area contributed by atoms with Gasteiger partial charge in [0.2, 0.25) is 0 Å². The van der Waals surface area contributed by atoms with Gasteiger partial charge in [0.1, 0.15) is 0 Å². The van der Waals surface area contributed by atoms with Crippen molar-refractivity contribution >= 4 is 12.0 Å². The molecule has 4 heteroatoms. The average molecular weight is 156 g/mol. The Balaban J connectivity index is 2.84. The van der Waals surface area contributed by atoms with Gasteiger partial charge >= 0.3 is 6.09 Å². The Morgan fingerprint density at radius 1 is 1.36 bits per heavy atom. The van der Waals surface area contributed by atoms with Gasteiger partial charge in [0, 0.05) is 0 Å². The van der Waals surface area contributed by atoms with Gasteiger partial charge < -0.3 is 4.74 Å². The highest BCUT2D eigenvalue weighted by Crippen LogP contribution is 2.25. The van der Waals surface area contributed by atoms with Crippen LogP contribution in [0.25, 0.3) is 0 Å². The summed E-state index contributed by atoms with van der Waals surface area (Å²) in [4.78, 5) is 21.6. The van der Waals surface area contributed by atoms with Gasteiger partial charge in [-0.15, -0.1) is 5.32 Å². The molecule has 2 amide bonds. The molecule has 1 radical (unpaired) electrons. The van der Waals surface area contributed by atoms with Crippen molar-refractivity contribution in [2.75, 3.05) is 0 Å². The minimum atomic E-state index is -0.947. The third-order valence-corrected chi connectivity index (χ3v) is 2.01. The van der Waals surface area contributed by atoms with Crippen molar-refractivity contribution in [1.29, 1.82) is 0 Å². The lowest BCUT2D eigenvalue weighted by atomic mass is 9.97. The summed E-state index contributed by atoms with van der Waals surface area (Å²) >= 11 is 0. The number of rotatable bonds is 2. The van der Waals surface area contributed by atoms with Crippen molar-refractivity contribution in [2.24, 2.45) is 0 Å². The number of imide groups is 1. The average Bonchev–Trinajstić information content (AvgIpc) is 2.27. The molecule has 1 saturated heterocycles. The predicted molar refractivity (Wildman–Crippen MR) is 36.9 cm³/mol. The molecule has 0 aromatic heterocycles. The molecule has 0 unspecified atom stereocenters.